The normalized spacial score (nSPS) is 14.0. The van der Waals surface area contributed by atoms with Crippen molar-refractivity contribution >= 4 is 6.03 Å². The Morgan fingerprint density at radius 3 is 2.40 bits per heavy atom. The zero-order chi connectivity index (χ0) is 24.6. The third kappa shape index (κ3) is 6.21. The smallest absolute Gasteiger partial charge is 0.317 e. The van der Waals surface area contributed by atoms with Crippen molar-refractivity contribution in [1.82, 2.24) is 25.3 Å². The Hall–Kier alpha value is -3.79. The molecule has 2 aromatic carbocycles. The lowest BCUT2D eigenvalue weighted by molar-refractivity contribution is 0.126. The van der Waals surface area contributed by atoms with Crippen LogP contribution >= 0.6 is 0 Å². The molecule has 0 aliphatic carbocycles. The second-order valence-electron chi connectivity index (χ2n) is 8.17. The molecule has 1 fully saturated rings. The van der Waals surface area contributed by atoms with E-state index in [0.717, 1.165) is 30.0 Å². The van der Waals surface area contributed by atoms with E-state index in [0.29, 0.717) is 55.8 Å². The van der Waals surface area contributed by atoms with Gasteiger partial charge in [0.2, 0.25) is 11.7 Å². The van der Waals surface area contributed by atoms with Gasteiger partial charge in [0.25, 0.3) is 0 Å². The standard InChI is InChI=1S/C25H31N5O5/c1-32-20-7-5-19(6-8-20)24-27-23(35-28-24)17-29-12-14-30(15-13-29)25(31)26-11-10-18-4-9-21(33-2)22(16-18)34-3/h4-9,16H,10-15,17H2,1-3H3,(H,26,31). The van der Waals surface area contributed by atoms with Crippen LogP contribution in [0.4, 0.5) is 4.79 Å². The number of methoxy groups -OCH3 is 3. The monoisotopic (exact) mass is 481 g/mol. The highest BCUT2D eigenvalue weighted by Gasteiger charge is 2.22. The van der Waals surface area contributed by atoms with E-state index < -0.39 is 0 Å². The van der Waals surface area contributed by atoms with E-state index in [1.807, 2.05) is 47.4 Å². The summed E-state index contributed by atoms with van der Waals surface area (Å²) in [6, 6.07) is 13.3. The number of hydrogen-bond donors (Lipinski definition) is 1. The summed E-state index contributed by atoms with van der Waals surface area (Å²) < 4.78 is 21.2. The molecule has 10 nitrogen and oxygen atoms in total. The van der Waals surface area contributed by atoms with Crippen LogP contribution in [0.2, 0.25) is 0 Å². The summed E-state index contributed by atoms with van der Waals surface area (Å²) in [5, 5.41) is 7.09. The fourth-order valence-corrected chi connectivity index (χ4v) is 3.94. The summed E-state index contributed by atoms with van der Waals surface area (Å²) in [4.78, 5) is 21.1. The molecule has 1 aliphatic rings. The minimum Gasteiger partial charge on any atom is -0.497 e. The molecule has 0 spiro atoms. The van der Waals surface area contributed by atoms with E-state index in [1.165, 1.54) is 0 Å². The number of nitrogens with one attached hydrogen (secondary N) is 1. The molecule has 0 radical (unpaired) electrons. The van der Waals surface area contributed by atoms with Crippen LogP contribution in [-0.4, -0.2) is 80.0 Å². The molecule has 1 aromatic heterocycles. The number of benzene rings is 2. The maximum atomic E-state index is 12.6. The second kappa shape index (κ2) is 11.6. The van der Waals surface area contributed by atoms with Gasteiger partial charge in [-0.1, -0.05) is 11.2 Å². The summed E-state index contributed by atoms with van der Waals surface area (Å²) in [6.45, 7) is 3.86. The van der Waals surface area contributed by atoms with Crippen LogP contribution in [0.5, 0.6) is 17.2 Å². The highest BCUT2D eigenvalue weighted by Crippen LogP contribution is 2.27. The van der Waals surface area contributed by atoms with Crippen molar-refractivity contribution in [2.24, 2.45) is 0 Å². The van der Waals surface area contributed by atoms with Gasteiger partial charge in [-0.05, 0) is 48.4 Å². The maximum Gasteiger partial charge on any atom is 0.317 e. The van der Waals surface area contributed by atoms with Crippen LogP contribution in [-0.2, 0) is 13.0 Å². The van der Waals surface area contributed by atoms with Crippen molar-refractivity contribution in [3.05, 3.63) is 53.9 Å². The molecule has 2 amide bonds. The van der Waals surface area contributed by atoms with E-state index in [-0.39, 0.29) is 6.03 Å². The van der Waals surface area contributed by atoms with Crippen molar-refractivity contribution < 1.29 is 23.5 Å². The van der Waals surface area contributed by atoms with Crippen molar-refractivity contribution in [3.8, 4) is 28.6 Å². The third-order valence-electron chi connectivity index (χ3n) is 5.97. The van der Waals surface area contributed by atoms with E-state index in [9.17, 15) is 4.79 Å². The second-order valence-corrected chi connectivity index (χ2v) is 8.17. The lowest BCUT2D eigenvalue weighted by Gasteiger charge is -2.33. The van der Waals surface area contributed by atoms with Gasteiger partial charge in [-0.2, -0.15) is 4.98 Å². The van der Waals surface area contributed by atoms with Gasteiger partial charge in [0.1, 0.15) is 5.75 Å². The average Bonchev–Trinajstić information content (AvgIpc) is 3.37. The summed E-state index contributed by atoms with van der Waals surface area (Å²) in [6.07, 6.45) is 0.708. The molecule has 0 saturated carbocycles. The predicted molar refractivity (Wildman–Crippen MR) is 130 cm³/mol. The Morgan fingerprint density at radius 1 is 0.971 bits per heavy atom. The first-order chi connectivity index (χ1) is 17.1. The Balaban J connectivity index is 1.20. The number of ether oxygens (including phenoxy) is 3. The van der Waals surface area contributed by atoms with Crippen LogP contribution in [0, 0.1) is 0 Å². The topological polar surface area (TPSA) is 102 Å². The molecule has 186 valence electrons. The summed E-state index contributed by atoms with van der Waals surface area (Å²) in [5.74, 6) is 3.26. The first kappa shape index (κ1) is 24.3. The molecule has 2 heterocycles. The number of nitrogens with zero attached hydrogens (tertiary/aromatic N) is 4. The molecule has 3 aromatic rings. The molecular formula is C25H31N5O5. The van der Waals surface area contributed by atoms with Gasteiger partial charge in [-0.25, -0.2) is 4.79 Å². The maximum absolute atomic E-state index is 12.6. The van der Waals surface area contributed by atoms with Gasteiger partial charge in [0.05, 0.1) is 27.9 Å². The zero-order valence-electron chi connectivity index (χ0n) is 20.3. The minimum atomic E-state index is -0.0512. The Bertz CT molecular complexity index is 1110. The summed E-state index contributed by atoms with van der Waals surface area (Å²) >= 11 is 0. The van der Waals surface area contributed by atoms with Gasteiger partial charge in [-0.15, -0.1) is 0 Å². The third-order valence-corrected chi connectivity index (χ3v) is 5.97. The Kier molecular flexibility index (Phi) is 8.04. The fourth-order valence-electron chi connectivity index (χ4n) is 3.94. The highest BCUT2D eigenvalue weighted by molar-refractivity contribution is 5.74. The van der Waals surface area contributed by atoms with Crippen LogP contribution < -0.4 is 19.5 Å². The SMILES string of the molecule is COc1ccc(-c2noc(CN3CCN(C(=O)NCCc4ccc(OC)c(OC)c4)CC3)n2)cc1. The van der Waals surface area contributed by atoms with Crippen molar-refractivity contribution in [2.45, 2.75) is 13.0 Å². The molecule has 10 heteroatoms. The largest absolute Gasteiger partial charge is 0.497 e. The van der Waals surface area contributed by atoms with E-state index in [1.54, 1.807) is 21.3 Å². The van der Waals surface area contributed by atoms with Gasteiger partial charge in [-0.3, -0.25) is 4.90 Å². The van der Waals surface area contributed by atoms with E-state index >= 15 is 0 Å². The van der Waals surface area contributed by atoms with Gasteiger partial charge >= 0.3 is 6.03 Å². The fraction of sp³-hybridized carbons (Fsp3) is 0.400. The zero-order valence-corrected chi connectivity index (χ0v) is 20.3. The van der Waals surface area contributed by atoms with Crippen molar-refractivity contribution in [2.75, 3.05) is 54.1 Å². The number of carbonyl (C=O) groups is 1. The molecule has 1 N–H and O–H groups in total. The minimum absolute atomic E-state index is 0.0512. The first-order valence-corrected chi connectivity index (χ1v) is 11.5. The number of piperazine rings is 1. The molecule has 1 saturated heterocycles. The number of carbonyl (C=O) groups excluding carboxylic acids is 1. The van der Waals surface area contributed by atoms with Crippen molar-refractivity contribution in [3.63, 3.8) is 0 Å². The number of urea groups is 1. The van der Waals surface area contributed by atoms with E-state index in [4.69, 9.17) is 18.7 Å². The van der Waals surface area contributed by atoms with Crippen LogP contribution in [0.3, 0.4) is 0 Å². The van der Waals surface area contributed by atoms with Crippen LogP contribution in [0.1, 0.15) is 11.5 Å². The average molecular weight is 482 g/mol. The van der Waals surface area contributed by atoms with Crippen molar-refractivity contribution in [1.29, 1.82) is 0 Å². The lowest BCUT2D eigenvalue weighted by atomic mass is 10.1. The van der Waals surface area contributed by atoms with Gasteiger partial charge in [0.15, 0.2) is 11.5 Å². The molecular weight excluding hydrogens is 450 g/mol. The molecule has 0 bridgehead atoms. The molecule has 0 atom stereocenters. The Labute approximate surface area is 204 Å². The van der Waals surface area contributed by atoms with Gasteiger partial charge < -0.3 is 29.0 Å². The lowest BCUT2D eigenvalue weighted by Crippen LogP contribution is -2.51. The van der Waals surface area contributed by atoms with Crippen LogP contribution in [0.15, 0.2) is 47.0 Å². The number of amides is 2. The summed E-state index contributed by atoms with van der Waals surface area (Å²) in [7, 11) is 4.85. The Morgan fingerprint density at radius 2 is 1.71 bits per heavy atom. The quantitative estimate of drug-likeness (QED) is 0.498. The molecule has 35 heavy (non-hydrogen) atoms. The first-order valence-electron chi connectivity index (χ1n) is 11.5. The molecule has 1 aliphatic heterocycles. The number of hydrogen-bond acceptors (Lipinski definition) is 8. The molecule has 4 rings (SSSR count). The van der Waals surface area contributed by atoms with Crippen LogP contribution in [0.25, 0.3) is 11.4 Å². The van der Waals surface area contributed by atoms with Gasteiger partial charge in [0, 0.05) is 38.3 Å². The van der Waals surface area contributed by atoms with E-state index in [2.05, 4.69) is 20.4 Å². The molecule has 0 unspecified atom stereocenters. The number of rotatable bonds is 9. The number of aromatic nitrogens is 2. The highest BCUT2D eigenvalue weighted by atomic mass is 16.5. The predicted octanol–water partition coefficient (Wildman–Crippen LogP) is 2.83. The summed E-state index contributed by atoms with van der Waals surface area (Å²) in [5.41, 5.74) is 1.94.